The van der Waals surface area contributed by atoms with Gasteiger partial charge in [0, 0.05) is 12.1 Å². The predicted octanol–water partition coefficient (Wildman–Crippen LogP) is 4.34. The van der Waals surface area contributed by atoms with Gasteiger partial charge in [0.2, 0.25) is 0 Å². The van der Waals surface area contributed by atoms with Crippen molar-refractivity contribution >= 4 is 5.91 Å². The van der Waals surface area contributed by atoms with E-state index in [-0.39, 0.29) is 18.3 Å². The van der Waals surface area contributed by atoms with Crippen LogP contribution in [0.25, 0.3) is 0 Å². The van der Waals surface area contributed by atoms with Crippen molar-refractivity contribution in [1.29, 1.82) is 0 Å². The molecule has 3 rings (SSSR count). The van der Waals surface area contributed by atoms with Gasteiger partial charge in [-0.15, -0.1) is 0 Å². The van der Waals surface area contributed by atoms with Crippen LogP contribution in [0.15, 0.2) is 72.8 Å². The zero-order chi connectivity index (χ0) is 19.1. The first-order valence-corrected chi connectivity index (χ1v) is 8.54. The number of amides is 1. The second kappa shape index (κ2) is 8.85. The molecule has 0 unspecified atom stereocenters. The third kappa shape index (κ3) is 4.85. The van der Waals surface area contributed by atoms with Crippen molar-refractivity contribution in [1.82, 2.24) is 5.32 Å². The van der Waals surface area contributed by atoms with Gasteiger partial charge in [-0.25, -0.2) is 4.39 Å². The fourth-order valence-corrected chi connectivity index (χ4v) is 2.67. The molecule has 0 spiro atoms. The molecule has 0 saturated heterocycles. The Morgan fingerprint density at radius 3 is 2.48 bits per heavy atom. The van der Waals surface area contributed by atoms with E-state index in [1.165, 1.54) is 19.2 Å². The molecule has 1 N–H and O–H groups in total. The van der Waals surface area contributed by atoms with E-state index >= 15 is 0 Å². The van der Waals surface area contributed by atoms with Gasteiger partial charge in [0.15, 0.2) is 0 Å². The molecular formula is C22H20FNO3. The number of carbonyl (C=O) groups is 1. The number of nitrogens with one attached hydrogen (secondary N) is 1. The van der Waals surface area contributed by atoms with Crippen LogP contribution in [-0.4, -0.2) is 13.0 Å². The summed E-state index contributed by atoms with van der Waals surface area (Å²) >= 11 is 0. The summed E-state index contributed by atoms with van der Waals surface area (Å²) in [5.74, 6) is 0.348. The first kappa shape index (κ1) is 18.5. The number of methoxy groups -OCH3 is 1. The number of benzene rings is 3. The number of para-hydroxylation sites is 1. The van der Waals surface area contributed by atoms with Crippen LogP contribution in [0.4, 0.5) is 4.39 Å². The second-order valence-electron chi connectivity index (χ2n) is 5.91. The lowest BCUT2D eigenvalue weighted by atomic mass is 10.1. The summed E-state index contributed by atoms with van der Waals surface area (Å²) in [4.78, 5) is 12.6. The highest BCUT2D eigenvalue weighted by Crippen LogP contribution is 2.24. The molecule has 0 saturated carbocycles. The smallest absolute Gasteiger partial charge is 0.255 e. The van der Waals surface area contributed by atoms with Crippen LogP contribution < -0.4 is 14.8 Å². The van der Waals surface area contributed by atoms with E-state index in [2.05, 4.69) is 5.32 Å². The normalized spacial score (nSPS) is 10.3. The number of hydrogen-bond acceptors (Lipinski definition) is 3. The molecule has 0 radical (unpaired) electrons. The number of carbonyl (C=O) groups excluding carboxylic acids is 1. The first-order chi connectivity index (χ1) is 13.2. The predicted molar refractivity (Wildman–Crippen MR) is 101 cm³/mol. The van der Waals surface area contributed by atoms with Crippen LogP contribution in [0, 0.1) is 5.82 Å². The van der Waals surface area contributed by atoms with E-state index < -0.39 is 0 Å². The van der Waals surface area contributed by atoms with Gasteiger partial charge < -0.3 is 14.8 Å². The Morgan fingerprint density at radius 2 is 1.70 bits per heavy atom. The van der Waals surface area contributed by atoms with E-state index in [0.717, 1.165) is 5.56 Å². The maximum Gasteiger partial charge on any atom is 0.255 e. The molecule has 0 aliphatic carbocycles. The van der Waals surface area contributed by atoms with Gasteiger partial charge in [0.05, 0.1) is 12.7 Å². The summed E-state index contributed by atoms with van der Waals surface area (Å²) in [5.41, 5.74) is 1.99. The van der Waals surface area contributed by atoms with Crippen molar-refractivity contribution in [3.8, 4) is 11.5 Å². The van der Waals surface area contributed by atoms with Crippen LogP contribution in [0.3, 0.4) is 0 Å². The van der Waals surface area contributed by atoms with Gasteiger partial charge in [-0.05, 0) is 35.9 Å². The first-order valence-electron chi connectivity index (χ1n) is 8.54. The summed E-state index contributed by atoms with van der Waals surface area (Å²) in [6, 6.07) is 20.8. The van der Waals surface area contributed by atoms with Gasteiger partial charge in [-0.2, -0.15) is 0 Å². The molecule has 5 heteroatoms. The average Bonchev–Trinajstić information content (AvgIpc) is 2.71. The minimum Gasteiger partial charge on any atom is -0.496 e. The fourth-order valence-electron chi connectivity index (χ4n) is 2.67. The lowest BCUT2D eigenvalue weighted by Crippen LogP contribution is -2.23. The quantitative estimate of drug-likeness (QED) is 0.677. The van der Waals surface area contributed by atoms with Crippen LogP contribution in [0.2, 0.25) is 0 Å². The molecule has 0 aliphatic rings. The Kier molecular flexibility index (Phi) is 6.05. The third-order valence-electron chi connectivity index (χ3n) is 4.05. The Bertz CT molecular complexity index is 912. The highest BCUT2D eigenvalue weighted by atomic mass is 19.1. The van der Waals surface area contributed by atoms with Crippen molar-refractivity contribution in [2.45, 2.75) is 13.2 Å². The Labute approximate surface area is 157 Å². The lowest BCUT2D eigenvalue weighted by Gasteiger charge is -2.13. The maximum atomic E-state index is 13.5. The summed E-state index contributed by atoms with van der Waals surface area (Å²) in [5, 5.41) is 2.88. The molecule has 1 amide bonds. The van der Waals surface area contributed by atoms with Crippen molar-refractivity contribution < 1.29 is 18.7 Å². The SMILES string of the molecule is COc1ccc(F)cc1COc1ccccc1C(=O)NCc1ccccc1. The maximum absolute atomic E-state index is 13.5. The lowest BCUT2D eigenvalue weighted by molar-refractivity contribution is 0.0946. The van der Waals surface area contributed by atoms with E-state index in [1.54, 1.807) is 30.3 Å². The number of halogens is 1. The molecule has 0 atom stereocenters. The van der Waals surface area contributed by atoms with Crippen LogP contribution in [0.5, 0.6) is 11.5 Å². The molecule has 0 bridgehead atoms. The van der Waals surface area contributed by atoms with Gasteiger partial charge >= 0.3 is 0 Å². The van der Waals surface area contributed by atoms with Gasteiger partial charge in [0.1, 0.15) is 23.9 Å². The van der Waals surface area contributed by atoms with Crippen LogP contribution in [-0.2, 0) is 13.2 Å². The molecule has 0 fully saturated rings. The zero-order valence-electron chi connectivity index (χ0n) is 14.9. The topological polar surface area (TPSA) is 47.6 Å². The van der Waals surface area contributed by atoms with E-state index in [9.17, 15) is 9.18 Å². The van der Waals surface area contributed by atoms with Crippen molar-refractivity contribution in [3.63, 3.8) is 0 Å². The third-order valence-corrected chi connectivity index (χ3v) is 4.05. The number of rotatable bonds is 7. The molecule has 0 aliphatic heterocycles. The van der Waals surface area contributed by atoms with E-state index in [1.807, 2.05) is 30.3 Å². The highest BCUT2D eigenvalue weighted by Gasteiger charge is 2.13. The van der Waals surface area contributed by atoms with Crippen LogP contribution in [0.1, 0.15) is 21.5 Å². The van der Waals surface area contributed by atoms with Gasteiger partial charge in [-0.1, -0.05) is 42.5 Å². The van der Waals surface area contributed by atoms with Crippen molar-refractivity contribution in [2.24, 2.45) is 0 Å². The minimum atomic E-state index is -0.372. The molecule has 0 aromatic heterocycles. The Morgan fingerprint density at radius 1 is 0.963 bits per heavy atom. The summed E-state index contributed by atoms with van der Waals surface area (Å²) in [7, 11) is 1.52. The van der Waals surface area contributed by atoms with E-state index in [4.69, 9.17) is 9.47 Å². The molecule has 3 aromatic rings. The molecule has 0 heterocycles. The zero-order valence-corrected chi connectivity index (χ0v) is 14.9. The fraction of sp³-hybridized carbons (Fsp3) is 0.136. The molecule has 138 valence electrons. The highest BCUT2D eigenvalue weighted by molar-refractivity contribution is 5.96. The molecular weight excluding hydrogens is 345 g/mol. The average molecular weight is 365 g/mol. The summed E-state index contributed by atoms with van der Waals surface area (Å²) in [6.45, 7) is 0.510. The Hall–Kier alpha value is -3.34. The van der Waals surface area contributed by atoms with Crippen LogP contribution >= 0.6 is 0 Å². The standard InChI is InChI=1S/C22H20FNO3/c1-26-20-12-11-18(23)13-17(20)15-27-21-10-6-5-9-19(21)22(25)24-14-16-7-3-2-4-8-16/h2-13H,14-15H2,1H3,(H,24,25). The summed E-state index contributed by atoms with van der Waals surface area (Å²) in [6.07, 6.45) is 0. The van der Waals surface area contributed by atoms with Gasteiger partial charge in [0.25, 0.3) is 5.91 Å². The largest absolute Gasteiger partial charge is 0.496 e. The van der Waals surface area contributed by atoms with Crippen molar-refractivity contribution in [2.75, 3.05) is 7.11 Å². The molecule has 27 heavy (non-hydrogen) atoms. The van der Waals surface area contributed by atoms with Crippen molar-refractivity contribution in [3.05, 3.63) is 95.3 Å². The Balaban J connectivity index is 1.70. The number of hydrogen-bond donors (Lipinski definition) is 1. The minimum absolute atomic E-state index is 0.0872. The van der Waals surface area contributed by atoms with E-state index in [0.29, 0.717) is 29.2 Å². The second-order valence-corrected chi connectivity index (χ2v) is 5.91. The monoisotopic (exact) mass is 365 g/mol. The van der Waals surface area contributed by atoms with Gasteiger partial charge in [-0.3, -0.25) is 4.79 Å². The molecule has 4 nitrogen and oxygen atoms in total. The number of ether oxygens (including phenoxy) is 2. The summed E-state index contributed by atoms with van der Waals surface area (Å²) < 4.78 is 24.5. The molecule has 3 aromatic carbocycles.